The summed E-state index contributed by atoms with van der Waals surface area (Å²) in [7, 11) is 1.60. The summed E-state index contributed by atoms with van der Waals surface area (Å²) < 4.78 is 19.5. The van der Waals surface area contributed by atoms with Gasteiger partial charge in [-0.25, -0.2) is 9.37 Å². The number of amides is 2. The minimum Gasteiger partial charge on any atom is -0.496 e. The zero-order chi connectivity index (χ0) is 27.7. The van der Waals surface area contributed by atoms with Gasteiger partial charge in [-0.1, -0.05) is 23.7 Å². The Kier molecular flexibility index (Phi) is 7.75. The molecule has 2 aliphatic heterocycles. The Balaban J connectivity index is 1.21. The van der Waals surface area contributed by atoms with E-state index in [1.807, 2.05) is 31.2 Å². The smallest absolute Gasteiger partial charge is 0.253 e. The number of nitrogens with one attached hydrogen (secondary N) is 2. The van der Waals surface area contributed by atoms with Crippen molar-refractivity contribution < 1.29 is 18.7 Å². The molecule has 1 aromatic heterocycles. The molecule has 2 saturated heterocycles. The number of hydrogen-bond donors (Lipinski definition) is 2. The fourth-order valence-electron chi connectivity index (χ4n) is 5.83. The second-order valence-corrected chi connectivity index (χ2v) is 10.7. The number of halogens is 2. The predicted molar refractivity (Wildman–Crippen MR) is 149 cm³/mol. The van der Waals surface area contributed by atoms with E-state index in [1.54, 1.807) is 32.4 Å². The highest BCUT2D eigenvalue weighted by molar-refractivity contribution is 6.32. The van der Waals surface area contributed by atoms with Crippen LogP contribution >= 0.6 is 11.6 Å². The number of nitrogens with zero attached hydrogens (tertiary/aromatic N) is 2. The topological polar surface area (TPSA) is 83.6 Å². The number of piperidine rings is 1. The Hall–Kier alpha value is -3.65. The quantitative estimate of drug-likeness (QED) is 0.414. The Morgan fingerprint density at radius 3 is 2.49 bits per heavy atom. The zero-order valence-corrected chi connectivity index (χ0v) is 23.0. The van der Waals surface area contributed by atoms with E-state index in [1.165, 1.54) is 6.07 Å². The molecule has 204 valence electrons. The van der Waals surface area contributed by atoms with E-state index in [-0.39, 0.29) is 42.0 Å². The maximum atomic E-state index is 14.2. The molecule has 2 amide bonds. The largest absolute Gasteiger partial charge is 0.496 e. The molecule has 39 heavy (non-hydrogen) atoms. The minimum absolute atomic E-state index is 0.00833. The van der Waals surface area contributed by atoms with Crippen molar-refractivity contribution in [2.24, 2.45) is 0 Å². The van der Waals surface area contributed by atoms with Gasteiger partial charge in [-0.3, -0.25) is 9.59 Å². The molecule has 3 atom stereocenters. The average molecular weight is 551 g/mol. The van der Waals surface area contributed by atoms with Gasteiger partial charge < -0.3 is 20.3 Å². The number of rotatable bonds is 7. The first-order chi connectivity index (χ1) is 18.8. The number of anilines is 1. The van der Waals surface area contributed by atoms with Crippen LogP contribution in [0.5, 0.6) is 5.75 Å². The van der Waals surface area contributed by atoms with Gasteiger partial charge in [0.15, 0.2) is 0 Å². The molecule has 0 aliphatic carbocycles. The first-order valence-electron chi connectivity index (χ1n) is 13.2. The van der Waals surface area contributed by atoms with Gasteiger partial charge in [-0.2, -0.15) is 0 Å². The Morgan fingerprint density at radius 1 is 1.08 bits per heavy atom. The lowest BCUT2D eigenvalue weighted by Crippen LogP contribution is -2.50. The van der Waals surface area contributed by atoms with Gasteiger partial charge in [0.05, 0.1) is 17.7 Å². The molecule has 2 aliphatic rings. The molecule has 2 bridgehead atoms. The van der Waals surface area contributed by atoms with Crippen molar-refractivity contribution in [2.45, 2.75) is 64.2 Å². The number of aryl methyl sites for hydroxylation is 1. The molecule has 5 rings (SSSR count). The number of carbonyl (C=O) groups is 2. The van der Waals surface area contributed by atoms with Gasteiger partial charge >= 0.3 is 0 Å². The van der Waals surface area contributed by atoms with E-state index in [0.717, 1.165) is 42.6 Å². The molecule has 2 fully saturated rings. The lowest BCUT2D eigenvalue weighted by Gasteiger charge is -2.40. The number of pyridine rings is 1. The van der Waals surface area contributed by atoms with Crippen LogP contribution < -0.4 is 20.3 Å². The highest BCUT2D eigenvalue weighted by Gasteiger charge is 2.42. The number of fused-ring (bicyclic) bond motifs is 2. The summed E-state index contributed by atoms with van der Waals surface area (Å²) in [5, 5.41) is 6.29. The molecule has 2 N–H and O–H groups in total. The lowest BCUT2D eigenvalue weighted by molar-refractivity contribution is 0.0923. The third-order valence-electron chi connectivity index (χ3n) is 7.90. The fraction of sp³-hybridized carbons (Fsp3) is 0.367. The van der Waals surface area contributed by atoms with Gasteiger partial charge in [-0.15, -0.1) is 0 Å². The summed E-state index contributed by atoms with van der Waals surface area (Å²) in [5.41, 5.74) is 2.88. The van der Waals surface area contributed by atoms with Gasteiger partial charge in [0.25, 0.3) is 11.8 Å². The number of carbonyl (C=O) groups excluding carboxylic acids is 2. The lowest BCUT2D eigenvalue weighted by atomic mass is 9.96. The summed E-state index contributed by atoms with van der Waals surface area (Å²) >= 11 is 6.22. The van der Waals surface area contributed by atoms with Crippen molar-refractivity contribution in [3.8, 4) is 5.75 Å². The van der Waals surface area contributed by atoms with Crippen LogP contribution in [0.2, 0.25) is 5.02 Å². The second-order valence-electron chi connectivity index (χ2n) is 10.3. The number of aromatic nitrogens is 1. The first-order valence-corrected chi connectivity index (χ1v) is 13.5. The van der Waals surface area contributed by atoms with Crippen molar-refractivity contribution >= 4 is 29.2 Å². The van der Waals surface area contributed by atoms with Crippen LogP contribution in [-0.2, 0) is 6.54 Å². The number of benzene rings is 2. The summed E-state index contributed by atoms with van der Waals surface area (Å²) in [5.74, 6) is 0.646. The summed E-state index contributed by atoms with van der Waals surface area (Å²) in [6.45, 7) is 3.68. The predicted octanol–water partition coefficient (Wildman–Crippen LogP) is 5.36. The van der Waals surface area contributed by atoms with Gasteiger partial charge in [0.1, 0.15) is 17.4 Å². The van der Waals surface area contributed by atoms with Crippen LogP contribution in [-0.4, -0.2) is 42.0 Å². The Morgan fingerprint density at radius 2 is 1.82 bits per heavy atom. The number of methoxy groups -OCH3 is 1. The van der Waals surface area contributed by atoms with Crippen LogP contribution in [0.3, 0.4) is 0 Å². The highest BCUT2D eigenvalue weighted by atomic mass is 35.5. The molecule has 2 aromatic carbocycles. The maximum absolute atomic E-state index is 14.2. The zero-order valence-electron chi connectivity index (χ0n) is 22.3. The van der Waals surface area contributed by atoms with Crippen molar-refractivity contribution in [1.29, 1.82) is 0 Å². The number of hydrogen-bond acceptors (Lipinski definition) is 5. The monoisotopic (exact) mass is 550 g/mol. The third kappa shape index (κ3) is 5.43. The van der Waals surface area contributed by atoms with E-state index in [0.29, 0.717) is 21.9 Å². The Bertz CT molecular complexity index is 1380. The standard InChI is InChI=1S/C30H32ClFN4O3/c1-17-7-11-25(32)24(28(17)31)16-34-29(37)19-8-12-27(33-15-19)36-21-9-10-22(36)14-20(13-21)35-30(38)23-5-4-6-26(39-3)18(23)2/h4-8,11-12,15,20-22H,9-10,13-14,16H2,1-3H3,(H,34,37)(H,35,38)/t20?,21-,22+. The summed E-state index contributed by atoms with van der Waals surface area (Å²) in [4.78, 5) is 32.6. The molecule has 1 unspecified atom stereocenters. The van der Waals surface area contributed by atoms with Gasteiger partial charge in [-0.05, 0) is 75.4 Å². The van der Waals surface area contributed by atoms with E-state index in [9.17, 15) is 14.0 Å². The SMILES string of the molecule is COc1cccc(C(=O)NC2C[C@H]3CC[C@@H](C2)N3c2ccc(C(=O)NCc3c(F)ccc(C)c3Cl)cn2)c1C. The summed E-state index contributed by atoms with van der Waals surface area (Å²) in [6.07, 6.45) is 5.28. The van der Waals surface area contributed by atoms with Gasteiger partial charge in [0, 0.05) is 47.6 Å². The molecule has 9 heteroatoms. The van der Waals surface area contributed by atoms with E-state index in [4.69, 9.17) is 16.3 Å². The Labute approximate surface area is 232 Å². The van der Waals surface area contributed by atoms with E-state index < -0.39 is 5.82 Å². The fourth-order valence-corrected chi connectivity index (χ4v) is 6.05. The highest BCUT2D eigenvalue weighted by Crippen LogP contribution is 2.38. The number of ether oxygens (including phenoxy) is 1. The van der Waals surface area contributed by atoms with Crippen LogP contribution in [0.1, 0.15) is 63.1 Å². The molecule has 3 aromatic rings. The first kappa shape index (κ1) is 26.9. The van der Waals surface area contributed by atoms with Gasteiger partial charge in [0.2, 0.25) is 0 Å². The minimum atomic E-state index is -0.451. The molecule has 3 heterocycles. The molecular weight excluding hydrogens is 519 g/mol. The molecule has 7 nitrogen and oxygen atoms in total. The van der Waals surface area contributed by atoms with Crippen molar-refractivity contribution in [3.05, 3.63) is 87.3 Å². The van der Waals surface area contributed by atoms with Crippen LogP contribution in [0.25, 0.3) is 0 Å². The van der Waals surface area contributed by atoms with Crippen molar-refractivity contribution in [1.82, 2.24) is 15.6 Å². The van der Waals surface area contributed by atoms with E-state index >= 15 is 0 Å². The van der Waals surface area contributed by atoms with Crippen LogP contribution in [0, 0.1) is 19.7 Å². The van der Waals surface area contributed by atoms with E-state index in [2.05, 4.69) is 20.5 Å². The molecule has 0 spiro atoms. The summed E-state index contributed by atoms with van der Waals surface area (Å²) in [6, 6.07) is 12.7. The second kappa shape index (κ2) is 11.2. The maximum Gasteiger partial charge on any atom is 0.253 e. The normalized spacial score (nSPS) is 20.0. The van der Waals surface area contributed by atoms with Crippen molar-refractivity contribution in [3.63, 3.8) is 0 Å². The van der Waals surface area contributed by atoms with Crippen molar-refractivity contribution in [2.75, 3.05) is 12.0 Å². The van der Waals surface area contributed by atoms with Crippen LogP contribution in [0.15, 0.2) is 48.7 Å². The molecular formula is C30H32ClFN4O3. The molecule has 0 radical (unpaired) electrons. The third-order valence-corrected chi connectivity index (χ3v) is 8.42. The molecule has 0 saturated carbocycles. The average Bonchev–Trinajstić information content (AvgIpc) is 3.20. The van der Waals surface area contributed by atoms with Crippen LogP contribution in [0.4, 0.5) is 10.2 Å².